The number of fused-ring (bicyclic) bond motifs is 1. The van der Waals surface area contributed by atoms with Crippen LogP contribution in [0.4, 0.5) is 20.5 Å². The zero-order valence-corrected chi connectivity index (χ0v) is 22.5. The fourth-order valence-electron chi connectivity index (χ4n) is 5.65. The number of aliphatic carboxylic acids is 1. The van der Waals surface area contributed by atoms with Gasteiger partial charge in [-0.25, -0.2) is 8.78 Å². The number of benzene rings is 2. The summed E-state index contributed by atoms with van der Waals surface area (Å²) in [5, 5.41) is 12.1. The van der Waals surface area contributed by atoms with Crippen LogP contribution in [0.15, 0.2) is 34.7 Å². The van der Waals surface area contributed by atoms with Gasteiger partial charge < -0.3 is 29.2 Å². The largest absolute Gasteiger partial charge is 0.481 e. The van der Waals surface area contributed by atoms with Crippen LogP contribution in [0, 0.1) is 24.5 Å². The van der Waals surface area contributed by atoms with E-state index in [9.17, 15) is 19.1 Å². The summed E-state index contributed by atoms with van der Waals surface area (Å²) < 4.78 is 46.3. The molecule has 2 aliphatic rings. The van der Waals surface area contributed by atoms with Crippen LogP contribution >= 0.6 is 0 Å². The number of carbonyl (C=O) groups excluding carboxylic acids is 1. The number of halogens is 2. The summed E-state index contributed by atoms with van der Waals surface area (Å²) in [5.41, 5.74) is 1.58. The number of methoxy groups -OCH3 is 1. The van der Waals surface area contributed by atoms with Gasteiger partial charge in [-0.15, -0.1) is 0 Å². The second-order valence-corrected chi connectivity index (χ2v) is 10.6. The predicted octanol–water partition coefficient (Wildman–Crippen LogP) is 4.98. The minimum Gasteiger partial charge on any atom is -0.481 e. The van der Waals surface area contributed by atoms with Gasteiger partial charge in [-0.05, 0) is 62.8 Å². The molecule has 0 radical (unpaired) electrons. The SMILES string of the molecule is COC[C@@H]1C[C@@H](O[C@H]2CC[C@H](C(=O)O)CC2)CN1C(=O)Cc1ccc2nc(Nc3cc(F)ccc3C)oc2c1F. The third-order valence-electron chi connectivity index (χ3n) is 7.82. The van der Waals surface area contributed by atoms with E-state index in [2.05, 4.69) is 10.3 Å². The first kappa shape index (κ1) is 28.0. The summed E-state index contributed by atoms with van der Waals surface area (Å²) in [6, 6.07) is 7.17. The molecule has 1 saturated carbocycles. The van der Waals surface area contributed by atoms with Crippen molar-refractivity contribution < 1.29 is 37.4 Å². The number of hydrogen-bond acceptors (Lipinski definition) is 7. The quantitative estimate of drug-likeness (QED) is 0.379. The molecule has 2 fully saturated rings. The zero-order valence-electron chi connectivity index (χ0n) is 22.5. The highest BCUT2D eigenvalue weighted by Gasteiger charge is 2.38. The molecule has 1 saturated heterocycles. The maximum Gasteiger partial charge on any atom is 0.306 e. The van der Waals surface area contributed by atoms with E-state index < -0.39 is 17.6 Å². The lowest BCUT2D eigenvalue weighted by Crippen LogP contribution is -2.39. The van der Waals surface area contributed by atoms with Crippen molar-refractivity contribution in [1.29, 1.82) is 0 Å². The molecule has 9 nitrogen and oxygen atoms in total. The zero-order chi connectivity index (χ0) is 28.4. The number of carboxylic acid groups (broad SMARTS) is 1. The van der Waals surface area contributed by atoms with Gasteiger partial charge in [0.05, 0.1) is 37.2 Å². The Hall–Kier alpha value is -3.57. The number of ether oxygens (including phenoxy) is 2. The van der Waals surface area contributed by atoms with E-state index in [4.69, 9.17) is 13.9 Å². The Kier molecular flexibility index (Phi) is 8.32. The van der Waals surface area contributed by atoms with Gasteiger partial charge in [0.15, 0.2) is 11.4 Å². The summed E-state index contributed by atoms with van der Waals surface area (Å²) in [7, 11) is 1.57. The second-order valence-electron chi connectivity index (χ2n) is 10.6. The van der Waals surface area contributed by atoms with Gasteiger partial charge in [0.1, 0.15) is 11.3 Å². The van der Waals surface area contributed by atoms with Crippen molar-refractivity contribution in [3.05, 3.63) is 53.1 Å². The topological polar surface area (TPSA) is 114 Å². The summed E-state index contributed by atoms with van der Waals surface area (Å²) >= 11 is 0. The Labute approximate surface area is 230 Å². The highest BCUT2D eigenvalue weighted by Crippen LogP contribution is 2.32. The van der Waals surface area contributed by atoms with E-state index in [1.165, 1.54) is 18.2 Å². The molecule has 0 unspecified atom stereocenters. The van der Waals surface area contributed by atoms with Gasteiger partial charge in [0.25, 0.3) is 6.01 Å². The van der Waals surface area contributed by atoms with Crippen molar-refractivity contribution in [2.24, 2.45) is 5.92 Å². The molecule has 1 aliphatic heterocycles. The number of carboxylic acids is 1. The van der Waals surface area contributed by atoms with Crippen molar-refractivity contribution in [2.45, 2.75) is 63.7 Å². The van der Waals surface area contributed by atoms with Crippen molar-refractivity contribution in [3.63, 3.8) is 0 Å². The fourth-order valence-corrected chi connectivity index (χ4v) is 5.65. The van der Waals surface area contributed by atoms with Gasteiger partial charge in [-0.3, -0.25) is 9.59 Å². The van der Waals surface area contributed by atoms with Crippen LogP contribution < -0.4 is 5.32 Å². The van der Waals surface area contributed by atoms with Crippen molar-refractivity contribution in [1.82, 2.24) is 9.88 Å². The van der Waals surface area contributed by atoms with Crippen LogP contribution in [-0.4, -0.2) is 65.4 Å². The summed E-state index contributed by atoms with van der Waals surface area (Å²) in [4.78, 5) is 30.5. The Morgan fingerprint density at radius 3 is 2.65 bits per heavy atom. The third kappa shape index (κ3) is 6.10. The van der Waals surface area contributed by atoms with E-state index in [1.54, 1.807) is 31.1 Å². The summed E-state index contributed by atoms with van der Waals surface area (Å²) in [6.45, 7) is 2.48. The number of nitrogens with zero attached hydrogens (tertiary/aromatic N) is 2. The van der Waals surface area contributed by atoms with Gasteiger partial charge in [0, 0.05) is 24.9 Å². The molecule has 2 heterocycles. The molecular formula is C29H33F2N3O6. The molecule has 2 atom stereocenters. The van der Waals surface area contributed by atoms with Crippen LogP contribution in [0.3, 0.4) is 0 Å². The van der Waals surface area contributed by atoms with Gasteiger partial charge in [-0.2, -0.15) is 4.98 Å². The molecule has 214 valence electrons. The molecule has 2 aromatic carbocycles. The normalized spacial score (nSPS) is 23.1. The van der Waals surface area contributed by atoms with E-state index >= 15 is 4.39 Å². The Balaban J connectivity index is 1.25. The van der Waals surface area contributed by atoms with Crippen LogP contribution in [0.1, 0.15) is 43.2 Å². The van der Waals surface area contributed by atoms with Gasteiger partial charge >= 0.3 is 5.97 Å². The molecule has 40 heavy (non-hydrogen) atoms. The molecular weight excluding hydrogens is 524 g/mol. The molecule has 0 bridgehead atoms. The second kappa shape index (κ2) is 11.9. The average molecular weight is 558 g/mol. The van der Waals surface area contributed by atoms with E-state index in [-0.39, 0.29) is 59.2 Å². The van der Waals surface area contributed by atoms with E-state index in [1.807, 2.05) is 0 Å². The third-order valence-corrected chi connectivity index (χ3v) is 7.82. The minimum atomic E-state index is -0.763. The Morgan fingerprint density at radius 1 is 1.15 bits per heavy atom. The maximum atomic E-state index is 15.4. The van der Waals surface area contributed by atoms with Crippen molar-refractivity contribution in [2.75, 3.05) is 25.6 Å². The molecule has 2 N–H and O–H groups in total. The number of oxazole rings is 1. The number of hydrogen-bond donors (Lipinski definition) is 2. The number of carbonyl (C=O) groups is 2. The molecule has 1 aliphatic carbocycles. The lowest BCUT2D eigenvalue weighted by atomic mass is 9.87. The highest BCUT2D eigenvalue weighted by molar-refractivity contribution is 5.83. The van der Waals surface area contributed by atoms with E-state index in [0.717, 1.165) is 5.56 Å². The Bertz CT molecular complexity index is 1390. The maximum absolute atomic E-state index is 15.4. The van der Waals surface area contributed by atoms with Crippen molar-refractivity contribution >= 4 is 34.7 Å². The molecule has 1 amide bonds. The van der Waals surface area contributed by atoms with Crippen LogP contribution in [0.25, 0.3) is 11.1 Å². The lowest BCUT2D eigenvalue weighted by Gasteiger charge is -2.28. The highest BCUT2D eigenvalue weighted by atomic mass is 19.1. The summed E-state index contributed by atoms with van der Waals surface area (Å²) in [5.74, 6) is -2.44. The molecule has 3 aromatic rings. The number of anilines is 2. The first-order valence-corrected chi connectivity index (χ1v) is 13.5. The number of nitrogens with one attached hydrogen (secondary N) is 1. The van der Waals surface area contributed by atoms with Gasteiger partial charge in [-0.1, -0.05) is 12.1 Å². The fraction of sp³-hybridized carbons (Fsp3) is 0.483. The molecule has 0 spiro atoms. The monoisotopic (exact) mass is 557 g/mol. The minimum absolute atomic E-state index is 0.0168. The van der Waals surface area contributed by atoms with Gasteiger partial charge in [0.2, 0.25) is 5.91 Å². The standard InChI is InChI=1S/C29H33F2N3O6/c1-16-3-7-19(30)12-24(16)33-29-32-23-10-6-18(26(31)27(23)40-29)11-25(35)34-14-22(13-20(34)15-38-2)39-21-8-4-17(5-9-21)28(36)37/h3,6-7,10,12,17,20-22H,4-5,8-9,11,13-15H2,1-2H3,(H,32,33)(H,36,37)/t17-,20-,21-,22+/m0/s1. The van der Waals surface area contributed by atoms with E-state index in [0.29, 0.717) is 50.9 Å². The predicted molar refractivity (Wildman–Crippen MR) is 142 cm³/mol. The number of likely N-dealkylation sites (tertiary alicyclic amines) is 1. The first-order chi connectivity index (χ1) is 19.2. The molecule has 11 heteroatoms. The number of rotatable bonds is 9. The smallest absolute Gasteiger partial charge is 0.306 e. The number of aromatic nitrogens is 1. The summed E-state index contributed by atoms with van der Waals surface area (Å²) in [6.07, 6.45) is 2.70. The molecule has 5 rings (SSSR count). The lowest BCUT2D eigenvalue weighted by molar-refractivity contribution is -0.144. The van der Waals surface area contributed by atoms with Crippen LogP contribution in [0.5, 0.6) is 0 Å². The first-order valence-electron chi connectivity index (χ1n) is 13.5. The van der Waals surface area contributed by atoms with Crippen LogP contribution in [0.2, 0.25) is 0 Å². The Morgan fingerprint density at radius 2 is 1.93 bits per heavy atom. The molecule has 1 aromatic heterocycles. The number of aryl methyl sites for hydroxylation is 1. The van der Waals surface area contributed by atoms with Crippen LogP contribution in [-0.2, 0) is 25.5 Å². The average Bonchev–Trinajstić information content (AvgIpc) is 3.52. The van der Waals surface area contributed by atoms with Crippen molar-refractivity contribution in [3.8, 4) is 0 Å². The number of amides is 1.